The first-order valence-corrected chi connectivity index (χ1v) is 8.07. The molecule has 0 aliphatic heterocycles. The number of halogens is 3. The van der Waals surface area contributed by atoms with Crippen LogP contribution in [0.5, 0.6) is 0 Å². The number of carbonyl (C=O) groups is 1. The van der Waals surface area contributed by atoms with Crippen LogP contribution in [0.4, 0.5) is 8.78 Å². The second-order valence-electron chi connectivity index (χ2n) is 4.31. The van der Waals surface area contributed by atoms with Gasteiger partial charge in [-0.15, -0.1) is 0 Å². The average molecular weight is 414 g/mol. The highest BCUT2D eigenvalue weighted by atomic mass is 127. The van der Waals surface area contributed by atoms with E-state index in [1.807, 2.05) is 22.6 Å². The Balaban J connectivity index is 2.53. The van der Waals surface area contributed by atoms with Crippen molar-refractivity contribution in [1.82, 2.24) is 0 Å². The molecule has 0 radical (unpaired) electrons. The van der Waals surface area contributed by atoms with Gasteiger partial charge in [0.05, 0.1) is 12.0 Å². The summed E-state index contributed by atoms with van der Waals surface area (Å²) in [5.74, 6) is -1.73. The van der Waals surface area contributed by atoms with Crippen LogP contribution >= 0.6 is 22.6 Å². The third-order valence-electron chi connectivity index (χ3n) is 2.83. The number of esters is 1. The van der Waals surface area contributed by atoms with Gasteiger partial charge in [0.25, 0.3) is 0 Å². The Morgan fingerprint density at radius 2 is 2.00 bits per heavy atom. The van der Waals surface area contributed by atoms with Gasteiger partial charge in [-0.05, 0) is 19.3 Å². The summed E-state index contributed by atoms with van der Waals surface area (Å²) in [4.78, 5) is 11.5. The highest BCUT2D eigenvalue weighted by Crippen LogP contribution is 2.31. The van der Waals surface area contributed by atoms with E-state index in [0.717, 1.165) is 0 Å². The molecule has 1 rings (SSSR count). The smallest absolute Gasteiger partial charge is 0.402 e. The fourth-order valence-corrected chi connectivity index (χ4v) is 2.53. The number of hydrogen-bond donors (Lipinski definition) is 2. The Morgan fingerprint density at radius 1 is 1.42 bits per heavy atom. The van der Waals surface area contributed by atoms with Crippen molar-refractivity contribution in [3.63, 3.8) is 0 Å². The van der Waals surface area contributed by atoms with Crippen molar-refractivity contribution < 1.29 is 36.4 Å². The Hall–Kier alpha value is -0.0700. The lowest BCUT2D eigenvalue weighted by atomic mass is 9.87. The molecule has 1 fully saturated rings. The predicted octanol–water partition coefficient (Wildman–Crippen LogP) is 0.975. The van der Waals surface area contributed by atoms with Crippen molar-refractivity contribution >= 4 is 38.7 Å². The van der Waals surface area contributed by atoms with Gasteiger partial charge >= 0.3 is 21.3 Å². The molecule has 1 aliphatic carbocycles. The number of rotatable bonds is 4. The minimum atomic E-state index is -5.61. The first kappa shape index (κ1) is 17.0. The largest absolute Gasteiger partial charge is 0.458 e. The van der Waals surface area contributed by atoms with Crippen LogP contribution in [0.25, 0.3) is 0 Å². The van der Waals surface area contributed by atoms with Crippen LogP contribution in [0.1, 0.15) is 19.3 Å². The number of hydrogen-bond acceptors (Lipinski definition) is 5. The van der Waals surface area contributed by atoms with Gasteiger partial charge in [0.1, 0.15) is 0 Å². The first-order valence-electron chi connectivity index (χ1n) is 5.38. The third kappa shape index (κ3) is 4.46. The topological polar surface area (TPSA) is 101 Å². The van der Waals surface area contributed by atoms with Crippen LogP contribution in [0.3, 0.4) is 0 Å². The molecule has 0 aromatic carbocycles. The molecule has 2 N–H and O–H groups in total. The summed E-state index contributed by atoms with van der Waals surface area (Å²) in [6.07, 6.45) is 0.273. The summed E-state index contributed by atoms with van der Waals surface area (Å²) in [7, 11) is -5.61. The number of alkyl halides is 3. The van der Waals surface area contributed by atoms with Crippen molar-refractivity contribution in [2.24, 2.45) is 5.92 Å². The van der Waals surface area contributed by atoms with Crippen LogP contribution in [0, 0.1) is 5.92 Å². The van der Waals surface area contributed by atoms with Crippen LogP contribution in [-0.4, -0.2) is 45.9 Å². The van der Waals surface area contributed by atoms with Crippen molar-refractivity contribution in [1.29, 1.82) is 0 Å². The fourth-order valence-electron chi connectivity index (χ4n) is 1.67. The molecule has 0 heterocycles. The average Bonchev–Trinajstić information content (AvgIpc) is 2.28. The number of carbonyl (C=O) groups excluding carboxylic acids is 1. The maximum absolute atomic E-state index is 12.8. The standard InChI is InChI=1S/C9H13F2IO6S/c10-9(11,19(15,16)17)4-18-8(14)5-1-2-6(12)7(13)3-5/h5-7,13H,1-4H2,(H,15,16,17). The van der Waals surface area contributed by atoms with E-state index >= 15 is 0 Å². The van der Waals surface area contributed by atoms with E-state index in [2.05, 4.69) is 4.74 Å². The molecule has 19 heavy (non-hydrogen) atoms. The molecule has 0 amide bonds. The molecule has 0 aromatic heterocycles. The molecule has 6 nitrogen and oxygen atoms in total. The first-order chi connectivity index (χ1) is 8.54. The molecule has 10 heteroatoms. The Bertz CT molecular complexity index is 440. The molecule has 3 unspecified atom stereocenters. The predicted molar refractivity (Wildman–Crippen MR) is 68.6 cm³/mol. The van der Waals surface area contributed by atoms with Gasteiger partial charge in [0, 0.05) is 3.92 Å². The maximum atomic E-state index is 12.8. The van der Waals surface area contributed by atoms with Gasteiger partial charge in [-0.2, -0.15) is 17.2 Å². The lowest BCUT2D eigenvalue weighted by molar-refractivity contribution is -0.156. The highest BCUT2D eigenvalue weighted by molar-refractivity contribution is 14.1. The highest BCUT2D eigenvalue weighted by Gasteiger charge is 2.46. The van der Waals surface area contributed by atoms with E-state index in [-0.39, 0.29) is 10.3 Å². The summed E-state index contributed by atoms with van der Waals surface area (Å²) in [6, 6.07) is 0. The van der Waals surface area contributed by atoms with Crippen LogP contribution < -0.4 is 0 Å². The molecule has 3 atom stereocenters. The molecule has 1 aliphatic rings. The molecule has 0 saturated heterocycles. The van der Waals surface area contributed by atoms with Crippen molar-refractivity contribution in [3.05, 3.63) is 0 Å². The van der Waals surface area contributed by atoms with Gasteiger partial charge in [-0.1, -0.05) is 22.6 Å². The van der Waals surface area contributed by atoms with E-state index in [0.29, 0.717) is 12.8 Å². The van der Waals surface area contributed by atoms with Gasteiger partial charge in [0.15, 0.2) is 6.61 Å². The Labute approximate surface area is 122 Å². The zero-order valence-electron chi connectivity index (χ0n) is 9.63. The number of aliphatic hydroxyl groups is 1. The molecular weight excluding hydrogens is 401 g/mol. The summed E-state index contributed by atoms with van der Waals surface area (Å²) < 4.78 is 58.7. The quantitative estimate of drug-likeness (QED) is 0.308. The minimum absolute atomic E-state index is 0.0130. The van der Waals surface area contributed by atoms with E-state index in [1.54, 1.807) is 0 Å². The van der Waals surface area contributed by atoms with E-state index in [1.165, 1.54) is 0 Å². The second-order valence-corrected chi connectivity index (χ2v) is 7.46. The van der Waals surface area contributed by atoms with E-state index in [4.69, 9.17) is 4.55 Å². The Kier molecular flexibility index (Phi) is 5.49. The summed E-state index contributed by atoms with van der Waals surface area (Å²) in [5.41, 5.74) is 0. The lowest BCUT2D eigenvalue weighted by Crippen LogP contribution is -2.38. The summed E-state index contributed by atoms with van der Waals surface area (Å²) in [5, 5.41) is 5.03. The molecule has 0 aromatic rings. The van der Waals surface area contributed by atoms with Crippen molar-refractivity contribution in [3.8, 4) is 0 Å². The molecule has 112 valence electrons. The van der Waals surface area contributed by atoms with Crippen molar-refractivity contribution in [2.45, 2.75) is 34.5 Å². The third-order valence-corrected chi connectivity index (χ3v) is 5.15. The summed E-state index contributed by atoms with van der Waals surface area (Å²) >= 11 is 2.03. The maximum Gasteiger partial charge on any atom is 0.402 e. The van der Waals surface area contributed by atoms with Crippen molar-refractivity contribution in [2.75, 3.05) is 6.61 Å². The zero-order chi connectivity index (χ0) is 14.8. The molecule has 1 saturated carbocycles. The zero-order valence-corrected chi connectivity index (χ0v) is 12.6. The Morgan fingerprint density at radius 3 is 2.47 bits per heavy atom. The minimum Gasteiger partial charge on any atom is -0.458 e. The van der Waals surface area contributed by atoms with E-state index < -0.39 is 40.0 Å². The van der Waals surface area contributed by atoms with Gasteiger partial charge < -0.3 is 9.84 Å². The number of aliphatic hydroxyl groups excluding tert-OH is 1. The number of ether oxygens (including phenoxy) is 1. The van der Waals surface area contributed by atoms with Crippen LogP contribution in [0.2, 0.25) is 0 Å². The lowest BCUT2D eigenvalue weighted by Gasteiger charge is -2.28. The fraction of sp³-hybridized carbons (Fsp3) is 0.889. The normalized spacial score (nSPS) is 29.0. The molecule has 0 spiro atoms. The van der Waals surface area contributed by atoms with Gasteiger partial charge in [-0.3, -0.25) is 9.35 Å². The van der Waals surface area contributed by atoms with Gasteiger partial charge in [0.2, 0.25) is 0 Å². The monoisotopic (exact) mass is 414 g/mol. The molecular formula is C9H13F2IO6S. The second kappa shape index (κ2) is 6.14. The molecule has 0 bridgehead atoms. The van der Waals surface area contributed by atoms with Crippen LogP contribution in [-0.2, 0) is 19.6 Å². The van der Waals surface area contributed by atoms with Gasteiger partial charge in [-0.25, -0.2) is 0 Å². The van der Waals surface area contributed by atoms with E-state index in [9.17, 15) is 27.1 Å². The summed E-state index contributed by atoms with van der Waals surface area (Å²) in [6.45, 7) is -1.73. The van der Waals surface area contributed by atoms with Crippen LogP contribution in [0.15, 0.2) is 0 Å². The SMILES string of the molecule is O=C(OCC(F)(F)S(=O)(=O)O)C1CCC(I)C(O)C1.